The van der Waals surface area contributed by atoms with Crippen LogP contribution in [0.15, 0.2) is 48.5 Å². The van der Waals surface area contributed by atoms with Crippen molar-refractivity contribution >= 4 is 0 Å². The van der Waals surface area contributed by atoms with Gasteiger partial charge in [0.15, 0.2) is 0 Å². The van der Waals surface area contributed by atoms with Crippen LogP contribution in [0, 0.1) is 5.82 Å². The van der Waals surface area contributed by atoms with Crippen LogP contribution in [0.2, 0.25) is 0 Å². The fourth-order valence-electron chi connectivity index (χ4n) is 1.83. The minimum atomic E-state index is -0.641. The largest absolute Gasteiger partial charge is 0.497 e. The summed E-state index contributed by atoms with van der Waals surface area (Å²) in [5.74, 6) is 0.464. The predicted octanol–water partition coefficient (Wildman–Crippen LogP) is 3.11. The summed E-state index contributed by atoms with van der Waals surface area (Å²) in [7, 11) is 1.61. The molecule has 0 amide bonds. The second kappa shape index (κ2) is 5.65. The van der Waals surface area contributed by atoms with Crippen LogP contribution in [0.25, 0.3) is 0 Å². The second-order valence-corrected chi connectivity index (χ2v) is 4.12. The minimum Gasteiger partial charge on any atom is -0.497 e. The van der Waals surface area contributed by atoms with Crippen LogP contribution in [0.4, 0.5) is 4.39 Å². The summed E-state index contributed by atoms with van der Waals surface area (Å²) >= 11 is 0. The minimum absolute atomic E-state index is 0.299. The summed E-state index contributed by atoms with van der Waals surface area (Å²) in [6.07, 6.45) is -0.166. The molecular weight excluding hydrogens is 231 g/mol. The van der Waals surface area contributed by atoms with Crippen molar-refractivity contribution in [1.82, 2.24) is 0 Å². The molecule has 0 bridgehead atoms. The second-order valence-electron chi connectivity index (χ2n) is 4.12. The average Bonchev–Trinajstić information content (AvgIpc) is 2.39. The van der Waals surface area contributed by atoms with Gasteiger partial charge in [-0.3, -0.25) is 0 Å². The molecule has 1 unspecified atom stereocenters. The molecule has 0 aliphatic heterocycles. The average molecular weight is 246 g/mol. The van der Waals surface area contributed by atoms with E-state index in [9.17, 15) is 9.50 Å². The van der Waals surface area contributed by atoms with Crippen molar-refractivity contribution in [3.8, 4) is 5.75 Å². The van der Waals surface area contributed by atoms with Crippen LogP contribution in [0.3, 0.4) is 0 Å². The maximum absolute atomic E-state index is 12.8. The molecule has 0 aromatic heterocycles. The summed E-state index contributed by atoms with van der Waals surface area (Å²) in [5, 5.41) is 10.1. The molecule has 0 spiro atoms. The van der Waals surface area contributed by atoms with Crippen LogP contribution < -0.4 is 4.74 Å². The Kier molecular flexibility index (Phi) is 3.95. The molecule has 18 heavy (non-hydrogen) atoms. The number of aliphatic hydroxyl groups excluding tert-OH is 1. The number of benzene rings is 2. The molecule has 0 saturated carbocycles. The van der Waals surface area contributed by atoms with Crippen LogP contribution in [-0.2, 0) is 6.42 Å². The Balaban J connectivity index is 2.10. The Hall–Kier alpha value is -1.87. The molecule has 2 aromatic rings. The third kappa shape index (κ3) is 3.08. The highest BCUT2D eigenvalue weighted by Crippen LogP contribution is 2.21. The van der Waals surface area contributed by atoms with E-state index < -0.39 is 6.10 Å². The molecule has 0 fully saturated rings. The summed E-state index contributed by atoms with van der Waals surface area (Å²) in [4.78, 5) is 0. The maximum Gasteiger partial charge on any atom is 0.123 e. The lowest BCUT2D eigenvalue weighted by Gasteiger charge is -2.11. The molecule has 0 aliphatic carbocycles. The van der Waals surface area contributed by atoms with Crippen LogP contribution in [-0.4, -0.2) is 12.2 Å². The Morgan fingerprint density at radius 2 is 1.89 bits per heavy atom. The Bertz CT molecular complexity index is 508. The fourth-order valence-corrected chi connectivity index (χ4v) is 1.83. The first-order valence-electron chi connectivity index (χ1n) is 5.75. The van der Waals surface area contributed by atoms with E-state index in [0.717, 1.165) is 11.3 Å². The lowest BCUT2D eigenvalue weighted by molar-refractivity contribution is 0.178. The van der Waals surface area contributed by atoms with Crippen molar-refractivity contribution in [3.05, 3.63) is 65.5 Å². The first kappa shape index (κ1) is 12.6. The standard InChI is InChI=1S/C15H15FO2/c1-18-14-4-2-3-11(9-14)10-15(17)12-5-7-13(16)8-6-12/h2-9,15,17H,10H2,1H3. The van der Waals surface area contributed by atoms with Crippen LogP contribution in [0.5, 0.6) is 5.75 Å². The molecule has 2 nitrogen and oxygen atoms in total. The zero-order valence-corrected chi connectivity index (χ0v) is 10.1. The summed E-state index contributed by atoms with van der Waals surface area (Å²) in [6.45, 7) is 0. The highest BCUT2D eigenvalue weighted by atomic mass is 19.1. The molecule has 2 aromatic carbocycles. The molecule has 0 aliphatic rings. The molecule has 2 rings (SSSR count). The maximum atomic E-state index is 12.8. The van der Waals surface area contributed by atoms with Gasteiger partial charge in [0.1, 0.15) is 11.6 Å². The van der Waals surface area contributed by atoms with Crippen molar-refractivity contribution in [2.75, 3.05) is 7.11 Å². The van der Waals surface area contributed by atoms with E-state index in [1.54, 1.807) is 19.2 Å². The molecule has 1 atom stereocenters. The van der Waals surface area contributed by atoms with E-state index in [1.165, 1.54) is 12.1 Å². The lowest BCUT2D eigenvalue weighted by atomic mass is 10.0. The van der Waals surface area contributed by atoms with Gasteiger partial charge >= 0.3 is 0 Å². The van der Waals surface area contributed by atoms with Gasteiger partial charge in [-0.15, -0.1) is 0 Å². The normalized spacial score (nSPS) is 12.2. The molecule has 0 heterocycles. The van der Waals surface area contributed by atoms with Gasteiger partial charge in [0.05, 0.1) is 13.2 Å². The zero-order valence-electron chi connectivity index (χ0n) is 10.1. The Labute approximate surface area is 106 Å². The SMILES string of the molecule is COc1cccc(CC(O)c2ccc(F)cc2)c1. The van der Waals surface area contributed by atoms with E-state index in [4.69, 9.17) is 4.74 Å². The number of halogens is 1. The Morgan fingerprint density at radius 3 is 2.56 bits per heavy atom. The van der Waals surface area contributed by atoms with E-state index >= 15 is 0 Å². The number of rotatable bonds is 4. The quantitative estimate of drug-likeness (QED) is 0.898. The van der Waals surface area contributed by atoms with Crippen molar-refractivity contribution in [2.24, 2.45) is 0 Å². The smallest absolute Gasteiger partial charge is 0.123 e. The summed E-state index contributed by atoms with van der Waals surface area (Å²) in [5.41, 5.74) is 1.69. The van der Waals surface area contributed by atoms with Crippen molar-refractivity contribution in [1.29, 1.82) is 0 Å². The first-order chi connectivity index (χ1) is 8.69. The van der Waals surface area contributed by atoms with Gasteiger partial charge in [-0.05, 0) is 35.4 Å². The third-order valence-electron chi connectivity index (χ3n) is 2.82. The highest BCUT2D eigenvalue weighted by molar-refractivity contribution is 5.30. The Morgan fingerprint density at radius 1 is 1.17 bits per heavy atom. The number of hydrogen-bond donors (Lipinski definition) is 1. The monoisotopic (exact) mass is 246 g/mol. The summed E-state index contributed by atoms with van der Waals surface area (Å²) in [6, 6.07) is 13.4. The van der Waals surface area contributed by atoms with E-state index in [1.807, 2.05) is 24.3 Å². The number of methoxy groups -OCH3 is 1. The molecule has 3 heteroatoms. The molecule has 94 valence electrons. The van der Waals surface area contributed by atoms with Gasteiger partial charge in [0.25, 0.3) is 0 Å². The van der Waals surface area contributed by atoms with Gasteiger partial charge < -0.3 is 9.84 Å². The molecule has 1 N–H and O–H groups in total. The highest BCUT2D eigenvalue weighted by Gasteiger charge is 2.09. The van der Waals surface area contributed by atoms with Crippen LogP contribution in [0.1, 0.15) is 17.2 Å². The number of hydrogen-bond acceptors (Lipinski definition) is 2. The summed E-state index contributed by atoms with van der Waals surface area (Å²) < 4.78 is 17.9. The molecular formula is C15H15FO2. The van der Waals surface area contributed by atoms with Crippen molar-refractivity contribution < 1.29 is 14.2 Å². The molecule has 0 saturated heterocycles. The number of aliphatic hydroxyl groups is 1. The first-order valence-corrected chi connectivity index (χ1v) is 5.75. The van der Waals surface area contributed by atoms with Crippen molar-refractivity contribution in [2.45, 2.75) is 12.5 Å². The third-order valence-corrected chi connectivity index (χ3v) is 2.82. The van der Waals surface area contributed by atoms with Crippen LogP contribution >= 0.6 is 0 Å². The van der Waals surface area contributed by atoms with Crippen molar-refractivity contribution in [3.63, 3.8) is 0 Å². The predicted molar refractivity (Wildman–Crippen MR) is 68.1 cm³/mol. The van der Waals surface area contributed by atoms with Gasteiger partial charge in [0, 0.05) is 6.42 Å². The van der Waals surface area contributed by atoms with Gasteiger partial charge in [-0.25, -0.2) is 4.39 Å². The number of ether oxygens (including phenoxy) is 1. The van der Waals surface area contributed by atoms with Gasteiger partial charge in [-0.2, -0.15) is 0 Å². The zero-order chi connectivity index (χ0) is 13.0. The van der Waals surface area contributed by atoms with Gasteiger partial charge in [-0.1, -0.05) is 24.3 Å². The van der Waals surface area contributed by atoms with E-state index in [2.05, 4.69) is 0 Å². The fraction of sp³-hybridized carbons (Fsp3) is 0.200. The van der Waals surface area contributed by atoms with E-state index in [0.29, 0.717) is 12.0 Å². The lowest BCUT2D eigenvalue weighted by Crippen LogP contribution is -2.02. The molecule has 0 radical (unpaired) electrons. The van der Waals surface area contributed by atoms with Gasteiger partial charge in [0.2, 0.25) is 0 Å². The van der Waals surface area contributed by atoms with E-state index in [-0.39, 0.29) is 5.82 Å². The topological polar surface area (TPSA) is 29.5 Å².